The summed E-state index contributed by atoms with van der Waals surface area (Å²) in [5.74, 6) is 0.521. The summed E-state index contributed by atoms with van der Waals surface area (Å²) in [6.45, 7) is 6.65. The number of aryl methyl sites for hydroxylation is 1. The van der Waals surface area contributed by atoms with Gasteiger partial charge in [-0.15, -0.1) is 10.2 Å². The van der Waals surface area contributed by atoms with Gasteiger partial charge < -0.3 is 15.0 Å². The Kier molecular flexibility index (Phi) is 4.53. The number of tetrazole rings is 1. The molecule has 2 aliphatic rings. The molecule has 1 aromatic heterocycles. The molecule has 0 aromatic carbocycles. The molecule has 2 unspecified atom stereocenters. The van der Waals surface area contributed by atoms with Crippen LogP contribution in [0, 0.1) is 0 Å². The largest absolute Gasteiger partial charge is 0.379 e. The third kappa shape index (κ3) is 3.36. The van der Waals surface area contributed by atoms with Crippen LogP contribution in [0.3, 0.4) is 0 Å². The standard InChI is InChI=1S/C13H23N7O2/c1-10-7-11(19-3-5-22-6-4-19)9-20(10)13(21)14-8-12-15-17-18(2)16-12/h10-11H,3-9H2,1-2H3,(H,14,21). The molecule has 3 heterocycles. The van der Waals surface area contributed by atoms with Gasteiger partial charge >= 0.3 is 6.03 Å². The first kappa shape index (κ1) is 15.2. The van der Waals surface area contributed by atoms with Crippen molar-refractivity contribution >= 4 is 6.03 Å². The summed E-state index contributed by atoms with van der Waals surface area (Å²) in [7, 11) is 1.70. The number of nitrogens with one attached hydrogen (secondary N) is 1. The smallest absolute Gasteiger partial charge is 0.318 e. The number of carbonyl (C=O) groups is 1. The van der Waals surface area contributed by atoms with E-state index in [4.69, 9.17) is 4.74 Å². The first-order valence-electron chi connectivity index (χ1n) is 7.72. The maximum atomic E-state index is 12.4. The van der Waals surface area contributed by atoms with Gasteiger partial charge in [0.15, 0.2) is 5.82 Å². The predicted octanol–water partition coefficient (Wildman–Crippen LogP) is -0.785. The summed E-state index contributed by atoms with van der Waals surface area (Å²) in [5, 5.41) is 14.5. The number of carbonyl (C=O) groups excluding carboxylic acids is 1. The van der Waals surface area contributed by atoms with Crippen LogP contribution in [-0.2, 0) is 18.3 Å². The minimum atomic E-state index is -0.0595. The van der Waals surface area contributed by atoms with Crippen LogP contribution in [0.5, 0.6) is 0 Å². The SMILES string of the molecule is CC1CC(N2CCOCC2)CN1C(=O)NCc1nnn(C)n1. The van der Waals surface area contributed by atoms with Crippen LogP contribution in [-0.4, -0.2) is 81.0 Å². The highest BCUT2D eigenvalue weighted by atomic mass is 16.5. The fourth-order valence-corrected chi connectivity index (χ4v) is 3.14. The lowest BCUT2D eigenvalue weighted by Crippen LogP contribution is -2.46. The van der Waals surface area contributed by atoms with E-state index in [-0.39, 0.29) is 12.1 Å². The Balaban J connectivity index is 1.51. The topological polar surface area (TPSA) is 88.4 Å². The summed E-state index contributed by atoms with van der Waals surface area (Å²) >= 11 is 0. The molecule has 2 atom stereocenters. The molecular formula is C13H23N7O2. The minimum Gasteiger partial charge on any atom is -0.379 e. The molecule has 2 saturated heterocycles. The van der Waals surface area contributed by atoms with Crippen molar-refractivity contribution in [1.29, 1.82) is 0 Å². The lowest BCUT2D eigenvalue weighted by Gasteiger charge is -2.32. The molecule has 2 fully saturated rings. The molecule has 0 aliphatic carbocycles. The van der Waals surface area contributed by atoms with E-state index < -0.39 is 0 Å². The zero-order chi connectivity index (χ0) is 15.5. The van der Waals surface area contributed by atoms with Gasteiger partial charge in [-0.25, -0.2) is 4.79 Å². The van der Waals surface area contributed by atoms with E-state index in [0.29, 0.717) is 18.4 Å². The number of nitrogens with zero attached hydrogens (tertiary/aromatic N) is 6. The van der Waals surface area contributed by atoms with Crippen molar-refractivity contribution in [1.82, 2.24) is 35.3 Å². The van der Waals surface area contributed by atoms with Crippen LogP contribution in [0.1, 0.15) is 19.2 Å². The number of ether oxygens (including phenoxy) is 1. The van der Waals surface area contributed by atoms with E-state index in [9.17, 15) is 4.79 Å². The average Bonchev–Trinajstić information content (AvgIpc) is 3.12. The summed E-state index contributed by atoms with van der Waals surface area (Å²) < 4.78 is 5.39. The van der Waals surface area contributed by atoms with Crippen LogP contribution in [0.4, 0.5) is 4.79 Å². The first-order chi connectivity index (χ1) is 10.6. The van der Waals surface area contributed by atoms with Crippen molar-refractivity contribution in [3.05, 3.63) is 5.82 Å². The van der Waals surface area contributed by atoms with Crippen molar-refractivity contribution in [3.63, 3.8) is 0 Å². The number of morpholine rings is 1. The van der Waals surface area contributed by atoms with E-state index in [1.165, 1.54) is 4.80 Å². The second-order valence-corrected chi connectivity index (χ2v) is 5.89. The molecular weight excluding hydrogens is 286 g/mol. The van der Waals surface area contributed by atoms with Crippen LogP contribution in [0.25, 0.3) is 0 Å². The normalized spacial score (nSPS) is 26.4. The second kappa shape index (κ2) is 6.57. The zero-order valence-electron chi connectivity index (χ0n) is 13.1. The van der Waals surface area contributed by atoms with E-state index in [2.05, 4.69) is 32.6 Å². The molecule has 9 nitrogen and oxygen atoms in total. The van der Waals surface area contributed by atoms with Crippen molar-refractivity contribution in [2.24, 2.45) is 7.05 Å². The van der Waals surface area contributed by atoms with Crippen LogP contribution in [0.15, 0.2) is 0 Å². The fourth-order valence-electron chi connectivity index (χ4n) is 3.14. The van der Waals surface area contributed by atoms with Gasteiger partial charge in [0.05, 0.1) is 26.8 Å². The molecule has 122 valence electrons. The Hall–Kier alpha value is -1.74. The summed E-state index contributed by atoms with van der Waals surface area (Å²) in [6.07, 6.45) is 1.01. The molecule has 1 N–H and O–H groups in total. The maximum absolute atomic E-state index is 12.4. The van der Waals surface area contributed by atoms with Crippen LogP contribution < -0.4 is 5.32 Å². The number of hydrogen-bond donors (Lipinski definition) is 1. The monoisotopic (exact) mass is 309 g/mol. The molecule has 0 spiro atoms. The van der Waals surface area contributed by atoms with E-state index in [0.717, 1.165) is 39.3 Å². The molecule has 22 heavy (non-hydrogen) atoms. The Morgan fingerprint density at radius 3 is 2.86 bits per heavy atom. The Morgan fingerprint density at radius 2 is 2.18 bits per heavy atom. The van der Waals surface area contributed by atoms with E-state index in [1.807, 2.05) is 4.90 Å². The van der Waals surface area contributed by atoms with Gasteiger partial charge in [0, 0.05) is 31.7 Å². The fraction of sp³-hybridized carbons (Fsp3) is 0.846. The third-order valence-corrected chi connectivity index (χ3v) is 4.32. The van der Waals surface area contributed by atoms with E-state index >= 15 is 0 Å². The molecule has 0 saturated carbocycles. The Labute approximate surface area is 129 Å². The molecule has 0 bridgehead atoms. The Morgan fingerprint density at radius 1 is 1.41 bits per heavy atom. The zero-order valence-corrected chi connectivity index (χ0v) is 13.1. The number of rotatable bonds is 3. The molecule has 2 aliphatic heterocycles. The third-order valence-electron chi connectivity index (χ3n) is 4.32. The van der Waals surface area contributed by atoms with Crippen molar-refractivity contribution in [3.8, 4) is 0 Å². The molecule has 1 aromatic rings. The van der Waals surface area contributed by atoms with Crippen molar-refractivity contribution in [2.75, 3.05) is 32.8 Å². The second-order valence-electron chi connectivity index (χ2n) is 5.89. The van der Waals surface area contributed by atoms with Gasteiger partial charge in [0.1, 0.15) is 0 Å². The summed E-state index contributed by atoms with van der Waals surface area (Å²) in [4.78, 5) is 18.1. The van der Waals surface area contributed by atoms with E-state index in [1.54, 1.807) is 7.05 Å². The van der Waals surface area contributed by atoms with Crippen molar-refractivity contribution < 1.29 is 9.53 Å². The highest BCUT2D eigenvalue weighted by Crippen LogP contribution is 2.22. The first-order valence-corrected chi connectivity index (χ1v) is 7.72. The lowest BCUT2D eigenvalue weighted by atomic mass is 10.1. The Bertz CT molecular complexity index is 514. The molecule has 3 rings (SSSR count). The van der Waals surface area contributed by atoms with Crippen LogP contribution in [0.2, 0.25) is 0 Å². The van der Waals surface area contributed by atoms with Gasteiger partial charge in [-0.05, 0) is 18.6 Å². The molecule has 9 heteroatoms. The maximum Gasteiger partial charge on any atom is 0.318 e. The minimum absolute atomic E-state index is 0.0595. The number of likely N-dealkylation sites (tertiary alicyclic amines) is 1. The lowest BCUT2D eigenvalue weighted by molar-refractivity contribution is 0.0190. The summed E-state index contributed by atoms with van der Waals surface area (Å²) in [5.41, 5.74) is 0. The van der Waals surface area contributed by atoms with Gasteiger partial charge in [0.25, 0.3) is 0 Å². The number of urea groups is 1. The van der Waals surface area contributed by atoms with Crippen molar-refractivity contribution in [2.45, 2.75) is 32.0 Å². The number of hydrogen-bond acceptors (Lipinski definition) is 6. The predicted molar refractivity (Wildman–Crippen MR) is 78.0 cm³/mol. The molecule has 2 amide bonds. The van der Waals surface area contributed by atoms with Gasteiger partial charge in [-0.3, -0.25) is 4.90 Å². The summed E-state index contributed by atoms with van der Waals surface area (Å²) in [6, 6.07) is 0.609. The molecule has 0 radical (unpaired) electrons. The average molecular weight is 309 g/mol. The number of amides is 2. The highest BCUT2D eigenvalue weighted by Gasteiger charge is 2.35. The van der Waals surface area contributed by atoms with Gasteiger partial charge in [0.2, 0.25) is 0 Å². The highest BCUT2D eigenvalue weighted by molar-refractivity contribution is 5.74. The van der Waals surface area contributed by atoms with Gasteiger partial charge in [-0.2, -0.15) is 4.80 Å². The number of aromatic nitrogens is 4. The van der Waals surface area contributed by atoms with Gasteiger partial charge in [-0.1, -0.05) is 0 Å². The van der Waals surface area contributed by atoms with Crippen LogP contribution >= 0.6 is 0 Å². The quantitative estimate of drug-likeness (QED) is 0.787.